The number of likely N-dealkylation sites (N-methyl/N-ethyl adjacent to an activating group) is 1. The number of nitrogens with zero attached hydrogens (tertiary/aromatic N) is 2. The predicted molar refractivity (Wildman–Crippen MR) is 96.8 cm³/mol. The molecule has 1 amide bonds. The van der Waals surface area contributed by atoms with Crippen molar-refractivity contribution in [3.63, 3.8) is 0 Å². The van der Waals surface area contributed by atoms with E-state index in [9.17, 15) is 9.90 Å². The Balaban J connectivity index is 1.52. The van der Waals surface area contributed by atoms with Crippen molar-refractivity contribution in [1.82, 2.24) is 10.2 Å². The molecule has 2 heterocycles. The van der Waals surface area contributed by atoms with E-state index in [2.05, 4.69) is 22.0 Å². The van der Waals surface area contributed by atoms with Crippen molar-refractivity contribution in [1.29, 1.82) is 0 Å². The third-order valence-corrected chi connectivity index (χ3v) is 4.64. The van der Waals surface area contributed by atoms with E-state index in [1.54, 1.807) is 12.1 Å². The number of carbonyl (C=O) groups is 1. The fraction of sp³-hybridized carbons (Fsp3) is 0.421. The molecule has 0 saturated carbocycles. The van der Waals surface area contributed by atoms with Crippen LogP contribution in [0.25, 0.3) is 0 Å². The molecule has 1 aromatic heterocycles. The van der Waals surface area contributed by atoms with E-state index in [-0.39, 0.29) is 12.5 Å². The highest BCUT2D eigenvalue weighted by atomic mass is 16.4. The van der Waals surface area contributed by atoms with Gasteiger partial charge in [-0.15, -0.1) is 0 Å². The Bertz CT molecular complexity index is 662. The molecular weight excluding hydrogens is 318 g/mol. The summed E-state index contributed by atoms with van der Waals surface area (Å²) >= 11 is 0. The average molecular weight is 343 g/mol. The second-order valence-corrected chi connectivity index (χ2v) is 6.21. The quantitative estimate of drug-likeness (QED) is 0.838. The number of anilines is 1. The van der Waals surface area contributed by atoms with Crippen molar-refractivity contribution in [2.75, 3.05) is 44.2 Å². The number of aliphatic hydroxyl groups is 1. The summed E-state index contributed by atoms with van der Waals surface area (Å²) in [5.41, 5.74) is 1.73. The van der Waals surface area contributed by atoms with Gasteiger partial charge in [-0.05, 0) is 42.9 Å². The topological polar surface area (TPSA) is 69.0 Å². The number of nitrogens with one attached hydrogen (secondary N) is 1. The van der Waals surface area contributed by atoms with Gasteiger partial charge in [-0.2, -0.15) is 0 Å². The summed E-state index contributed by atoms with van der Waals surface area (Å²) < 4.78 is 5.12. The first-order valence-electron chi connectivity index (χ1n) is 8.74. The molecule has 1 unspecified atom stereocenters. The number of benzene rings is 1. The van der Waals surface area contributed by atoms with Crippen LogP contribution in [-0.4, -0.2) is 55.2 Å². The van der Waals surface area contributed by atoms with Gasteiger partial charge in [0.05, 0.1) is 12.8 Å². The van der Waals surface area contributed by atoms with Gasteiger partial charge in [-0.1, -0.05) is 6.92 Å². The lowest BCUT2D eigenvalue weighted by Gasteiger charge is -2.35. The number of hydrogen-bond acceptors (Lipinski definition) is 5. The van der Waals surface area contributed by atoms with E-state index in [1.807, 2.05) is 24.3 Å². The summed E-state index contributed by atoms with van der Waals surface area (Å²) in [6.45, 7) is 7.56. The Labute approximate surface area is 148 Å². The van der Waals surface area contributed by atoms with Crippen LogP contribution in [-0.2, 0) is 0 Å². The molecule has 25 heavy (non-hydrogen) atoms. The van der Waals surface area contributed by atoms with Gasteiger partial charge in [-0.25, -0.2) is 0 Å². The molecule has 1 saturated heterocycles. The Morgan fingerprint density at radius 2 is 1.92 bits per heavy atom. The number of amides is 1. The average Bonchev–Trinajstić information content (AvgIpc) is 3.21. The number of hydrogen-bond donors (Lipinski definition) is 2. The zero-order chi connectivity index (χ0) is 17.6. The molecule has 2 aromatic rings. The van der Waals surface area contributed by atoms with E-state index in [4.69, 9.17) is 4.42 Å². The van der Waals surface area contributed by atoms with Crippen molar-refractivity contribution in [2.45, 2.75) is 13.0 Å². The predicted octanol–water partition coefficient (Wildman–Crippen LogP) is 1.88. The molecular formula is C19H25N3O3. The van der Waals surface area contributed by atoms with Gasteiger partial charge < -0.3 is 24.6 Å². The number of piperazine rings is 1. The van der Waals surface area contributed by atoms with Gasteiger partial charge >= 0.3 is 0 Å². The first-order valence-corrected chi connectivity index (χ1v) is 8.74. The fourth-order valence-corrected chi connectivity index (χ4v) is 3.02. The lowest BCUT2D eigenvalue weighted by atomic mass is 10.1. The number of furan rings is 1. The van der Waals surface area contributed by atoms with Crippen LogP contribution in [0.3, 0.4) is 0 Å². The summed E-state index contributed by atoms with van der Waals surface area (Å²) in [6, 6.07) is 11.0. The molecule has 134 valence electrons. The minimum Gasteiger partial charge on any atom is -0.467 e. The van der Waals surface area contributed by atoms with Crippen molar-refractivity contribution in [2.24, 2.45) is 0 Å². The smallest absolute Gasteiger partial charge is 0.251 e. The van der Waals surface area contributed by atoms with Gasteiger partial charge in [-0.3, -0.25) is 4.79 Å². The van der Waals surface area contributed by atoms with E-state index < -0.39 is 6.10 Å². The summed E-state index contributed by atoms with van der Waals surface area (Å²) in [6.07, 6.45) is 0.660. The van der Waals surface area contributed by atoms with Crippen LogP contribution in [0.15, 0.2) is 47.1 Å². The van der Waals surface area contributed by atoms with Crippen molar-refractivity contribution >= 4 is 11.6 Å². The maximum absolute atomic E-state index is 12.2. The molecule has 6 heteroatoms. The van der Waals surface area contributed by atoms with Crippen LogP contribution in [0.4, 0.5) is 5.69 Å². The zero-order valence-corrected chi connectivity index (χ0v) is 14.5. The number of rotatable bonds is 6. The maximum atomic E-state index is 12.2. The Kier molecular flexibility index (Phi) is 5.73. The fourth-order valence-electron chi connectivity index (χ4n) is 3.02. The maximum Gasteiger partial charge on any atom is 0.251 e. The Hall–Kier alpha value is -2.31. The molecule has 0 bridgehead atoms. The van der Waals surface area contributed by atoms with Crippen LogP contribution in [0, 0.1) is 0 Å². The lowest BCUT2D eigenvalue weighted by Crippen LogP contribution is -2.46. The van der Waals surface area contributed by atoms with Crippen LogP contribution < -0.4 is 10.2 Å². The van der Waals surface area contributed by atoms with Crippen LogP contribution in [0.2, 0.25) is 0 Å². The monoisotopic (exact) mass is 343 g/mol. The highest BCUT2D eigenvalue weighted by Gasteiger charge is 2.17. The second-order valence-electron chi connectivity index (χ2n) is 6.21. The van der Waals surface area contributed by atoms with Gasteiger partial charge in [0.2, 0.25) is 0 Å². The van der Waals surface area contributed by atoms with Crippen molar-refractivity contribution < 1.29 is 14.3 Å². The van der Waals surface area contributed by atoms with Crippen molar-refractivity contribution in [3.8, 4) is 0 Å². The van der Waals surface area contributed by atoms with E-state index in [0.29, 0.717) is 11.3 Å². The Morgan fingerprint density at radius 3 is 2.52 bits per heavy atom. The minimum atomic E-state index is -0.840. The first kappa shape index (κ1) is 17.5. The number of aliphatic hydroxyl groups excluding tert-OH is 1. The molecule has 1 atom stereocenters. The lowest BCUT2D eigenvalue weighted by molar-refractivity contribution is 0.0901. The third kappa shape index (κ3) is 4.41. The first-order chi connectivity index (χ1) is 12.2. The van der Waals surface area contributed by atoms with Gasteiger partial charge in [0.25, 0.3) is 5.91 Å². The molecule has 1 aliphatic heterocycles. The highest BCUT2D eigenvalue weighted by molar-refractivity contribution is 5.94. The zero-order valence-electron chi connectivity index (χ0n) is 14.5. The summed E-state index contributed by atoms with van der Waals surface area (Å²) in [4.78, 5) is 17.0. The number of carbonyl (C=O) groups excluding carboxylic acids is 1. The highest BCUT2D eigenvalue weighted by Crippen LogP contribution is 2.18. The molecule has 0 aliphatic carbocycles. The molecule has 1 aromatic carbocycles. The molecule has 1 fully saturated rings. The molecule has 6 nitrogen and oxygen atoms in total. The third-order valence-electron chi connectivity index (χ3n) is 4.64. The molecule has 0 spiro atoms. The molecule has 2 N–H and O–H groups in total. The summed E-state index contributed by atoms with van der Waals surface area (Å²) in [5.74, 6) is 0.245. The van der Waals surface area contributed by atoms with Gasteiger partial charge in [0.1, 0.15) is 11.9 Å². The van der Waals surface area contributed by atoms with Gasteiger partial charge in [0, 0.05) is 37.4 Å². The Morgan fingerprint density at radius 1 is 1.20 bits per heavy atom. The van der Waals surface area contributed by atoms with Crippen LogP contribution in [0.5, 0.6) is 0 Å². The summed E-state index contributed by atoms with van der Waals surface area (Å²) in [5, 5.41) is 12.7. The molecule has 0 radical (unpaired) electrons. The van der Waals surface area contributed by atoms with Gasteiger partial charge in [0.15, 0.2) is 0 Å². The van der Waals surface area contributed by atoms with E-state index in [0.717, 1.165) is 38.4 Å². The van der Waals surface area contributed by atoms with Crippen LogP contribution in [0.1, 0.15) is 29.1 Å². The largest absolute Gasteiger partial charge is 0.467 e. The minimum absolute atomic E-state index is 0.118. The van der Waals surface area contributed by atoms with E-state index >= 15 is 0 Å². The SMILES string of the molecule is CCN1CCN(c2ccc(C(=O)NCC(O)c3ccco3)cc2)CC1. The van der Waals surface area contributed by atoms with Crippen molar-refractivity contribution in [3.05, 3.63) is 54.0 Å². The molecule has 1 aliphatic rings. The normalized spacial score (nSPS) is 16.6. The standard InChI is InChI=1S/C19H25N3O3/c1-2-21-9-11-22(12-10-21)16-7-5-15(6-8-16)19(24)20-14-17(23)18-4-3-13-25-18/h3-8,13,17,23H,2,9-12,14H2,1H3,(H,20,24). The summed E-state index contributed by atoms with van der Waals surface area (Å²) in [7, 11) is 0. The molecule has 3 rings (SSSR count). The van der Waals surface area contributed by atoms with Crippen LogP contribution >= 0.6 is 0 Å². The van der Waals surface area contributed by atoms with E-state index in [1.165, 1.54) is 6.26 Å². The second kappa shape index (κ2) is 8.18.